The number of halogens is 1. The van der Waals surface area contributed by atoms with E-state index in [0.29, 0.717) is 22.8 Å². The zero-order valence-electron chi connectivity index (χ0n) is 8.90. The largest absolute Gasteiger partial charge is 0.399 e. The van der Waals surface area contributed by atoms with E-state index in [1.165, 1.54) is 0 Å². The Bertz CT molecular complexity index is 524. The number of anilines is 1. The van der Waals surface area contributed by atoms with Crippen LogP contribution >= 0.6 is 11.6 Å². The molecule has 6 heteroatoms. The van der Waals surface area contributed by atoms with Crippen molar-refractivity contribution in [1.82, 2.24) is 15.5 Å². The first-order chi connectivity index (χ1) is 8.16. The van der Waals surface area contributed by atoms with Gasteiger partial charge in [0.1, 0.15) is 0 Å². The van der Waals surface area contributed by atoms with Crippen molar-refractivity contribution < 1.29 is 4.79 Å². The number of benzene rings is 1. The highest BCUT2D eigenvalue weighted by atomic mass is 35.5. The molecule has 0 bridgehead atoms. The van der Waals surface area contributed by atoms with E-state index in [1.54, 1.807) is 30.6 Å². The molecule has 0 aliphatic heterocycles. The van der Waals surface area contributed by atoms with Gasteiger partial charge in [0.25, 0.3) is 5.91 Å². The summed E-state index contributed by atoms with van der Waals surface area (Å²) in [7, 11) is 0. The van der Waals surface area contributed by atoms with Crippen LogP contribution in [0.15, 0.2) is 30.6 Å². The summed E-state index contributed by atoms with van der Waals surface area (Å²) in [6.07, 6.45) is 3.35. The van der Waals surface area contributed by atoms with Crippen LogP contribution in [0.3, 0.4) is 0 Å². The van der Waals surface area contributed by atoms with Gasteiger partial charge < -0.3 is 11.1 Å². The Kier molecular flexibility index (Phi) is 3.30. The highest BCUT2D eigenvalue weighted by Crippen LogP contribution is 2.18. The third kappa shape index (κ3) is 2.76. The first-order valence-corrected chi connectivity index (χ1v) is 5.35. The van der Waals surface area contributed by atoms with Gasteiger partial charge in [0, 0.05) is 24.0 Å². The smallest absolute Gasteiger partial charge is 0.253 e. The van der Waals surface area contributed by atoms with Gasteiger partial charge in [-0.2, -0.15) is 5.10 Å². The Balaban J connectivity index is 2.07. The fourth-order valence-electron chi connectivity index (χ4n) is 1.37. The van der Waals surface area contributed by atoms with Crippen molar-refractivity contribution >= 4 is 23.2 Å². The number of aromatic nitrogens is 2. The summed E-state index contributed by atoms with van der Waals surface area (Å²) in [6, 6.07) is 4.80. The van der Waals surface area contributed by atoms with Gasteiger partial charge in [-0.3, -0.25) is 9.89 Å². The number of hydrogen-bond acceptors (Lipinski definition) is 3. The zero-order valence-corrected chi connectivity index (χ0v) is 9.66. The van der Waals surface area contributed by atoms with Gasteiger partial charge in [0.05, 0.1) is 16.8 Å². The number of nitrogen functional groups attached to an aromatic ring is 1. The Morgan fingerprint density at radius 3 is 3.06 bits per heavy atom. The van der Waals surface area contributed by atoms with Crippen LogP contribution in [-0.4, -0.2) is 16.1 Å². The van der Waals surface area contributed by atoms with E-state index in [9.17, 15) is 4.79 Å². The maximum atomic E-state index is 11.8. The van der Waals surface area contributed by atoms with Crippen LogP contribution in [0, 0.1) is 0 Å². The molecule has 17 heavy (non-hydrogen) atoms. The van der Waals surface area contributed by atoms with Gasteiger partial charge >= 0.3 is 0 Å². The Hall–Kier alpha value is -2.01. The molecule has 1 aromatic heterocycles. The summed E-state index contributed by atoms with van der Waals surface area (Å²) in [4.78, 5) is 11.8. The third-order valence-corrected chi connectivity index (χ3v) is 2.57. The number of carbonyl (C=O) groups excluding carboxylic acids is 1. The lowest BCUT2D eigenvalue weighted by atomic mass is 10.2. The molecule has 1 heterocycles. The van der Waals surface area contributed by atoms with Crippen molar-refractivity contribution in [3.8, 4) is 0 Å². The maximum absolute atomic E-state index is 11.8. The number of aromatic amines is 1. The number of H-pyrrole nitrogens is 1. The van der Waals surface area contributed by atoms with Gasteiger partial charge in [-0.1, -0.05) is 11.6 Å². The topological polar surface area (TPSA) is 83.8 Å². The Morgan fingerprint density at radius 2 is 2.35 bits per heavy atom. The predicted octanol–water partition coefficient (Wildman–Crippen LogP) is 1.58. The van der Waals surface area contributed by atoms with Crippen molar-refractivity contribution in [3.05, 3.63) is 46.7 Å². The molecule has 0 radical (unpaired) electrons. The van der Waals surface area contributed by atoms with Crippen LogP contribution in [0.4, 0.5) is 5.69 Å². The second kappa shape index (κ2) is 4.88. The second-order valence-electron chi connectivity index (χ2n) is 3.53. The number of amides is 1. The second-order valence-corrected chi connectivity index (χ2v) is 3.94. The molecule has 1 amide bonds. The van der Waals surface area contributed by atoms with E-state index < -0.39 is 0 Å². The minimum atomic E-state index is -0.261. The van der Waals surface area contributed by atoms with Crippen molar-refractivity contribution in [2.75, 3.05) is 5.73 Å². The van der Waals surface area contributed by atoms with Crippen LogP contribution < -0.4 is 11.1 Å². The average molecular weight is 251 g/mol. The molecule has 0 atom stereocenters. The van der Waals surface area contributed by atoms with Crippen LogP contribution in [-0.2, 0) is 6.54 Å². The Morgan fingerprint density at radius 1 is 1.53 bits per heavy atom. The SMILES string of the molecule is Nc1ccc(Cl)c(C(=O)NCc2cn[nH]c2)c1. The third-order valence-electron chi connectivity index (χ3n) is 2.24. The lowest BCUT2D eigenvalue weighted by molar-refractivity contribution is 0.0951. The number of nitrogens with one attached hydrogen (secondary N) is 2. The van der Waals surface area contributed by atoms with Crippen molar-refractivity contribution in [2.45, 2.75) is 6.54 Å². The van der Waals surface area contributed by atoms with Gasteiger partial charge in [0.15, 0.2) is 0 Å². The van der Waals surface area contributed by atoms with Crippen molar-refractivity contribution in [2.24, 2.45) is 0 Å². The molecule has 88 valence electrons. The molecule has 4 N–H and O–H groups in total. The first kappa shape index (κ1) is 11.5. The van der Waals surface area contributed by atoms with Gasteiger partial charge in [-0.05, 0) is 18.2 Å². The molecule has 5 nitrogen and oxygen atoms in total. The van der Waals surface area contributed by atoms with Crippen LogP contribution in [0.25, 0.3) is 0 Å². The fourth-order valence-corrected chi connectivity index (χ4v) is 1.57. The molecule has 0 fully saturated rings. The predicted molar refractivity (Wildman–Crippen MR) is 65.6 cm³/mol. The monoisotopic (exact) mass is 250 g/mol. The number of nitrogens with two attached hydrogens (primary N) is 1. The molecule has 0 saturated heterocycles. The van der Waals surface area contributed by atoms with Gasteiger partial charge in [-0.25, -0.2) is 0 Å². The number of carbonyl (C=O) groups is 1. The minimum Gasteiger partial charge on any atom is -0.399 e. The molecule has 1 aromatic carbocycles. The molecule has 0 aliphatic rings. The quantitative estimate of drug-likeness (QED) is 0.723. The average Bonchev–Trinajstić information content (AvgIpc) is 2.82. The van der Waals surface area contributed by atoms with Crippen molar-refractivity contribution in [3.63, 3.8) is 0 Å². The van der Waals surface area contributed by atoms with E-state index in [1.807, 2.05) is 0 Å². The molecule has 2 rings (SSSR count). The van der Waals surface area contributed by atoms with E-state index in [-0.39, 0.29) is 5.91 Å². The summed E-state index contributed by atoms with van der Waals surface area (Å²) in [6.45, 7) is 0.389. The Labute approximate surface area is 103 Å². The van der Waals surface area contributed by atoms with Crippen LogP contribution in [0.2, 0.25) is 5.02 Å². The molecule has 0 saturated carbocycles. The summed E-state index contributed by atoms with van der Waals surface area (Å²) in [5.41, 5.74) is 7.36. The molecule has 2 aromatic rings. The normalized spacial score (nSPS) is 10.2. The summed E-state index contributed by atoms with van der Waals surface area (Å²) < 4.78 is 0. The van der Waals surface area contributed by atoms with E-state index in [4.69, 9.17) is 17.3 Å². The first-order valence-electron chi connectivity index (χ1n) is 4.97. The van der Waals surface area contributed by atoms with Crippen LogP contribution in [0.5, 0.6) is 0 Å². The number of hydrogen-bond donors (Lipinski definition) is 3. The summed E-state index contributed by atoms with van der Waals surface area (Å²) in [5.74, 6) is -0.261. The fraction of sp³-hybridized carbons (Fsp3) is 0.0909. The van der Waals surface area contributed by atoms with Crippen LogP contribution in [0.1, 0.15) is 15.9 Å². The lowest BCUT2D eigenvalue weighted by Gasteiger charge is -2.06. The maximum Gasteiger partial charge on any atom is 0.253 e. The molecular weight excluding hydrogens is 240 g/mol. The van der Waals surface area contributed by atoms with Gasteiger partial charge in [-0.15, -0.1) is 0 Å². The standard InChI is InChI=1S/C11H11ClN4O/c12-10-2-1-8(13)3-9(10)11(17)14-4-7-5-15-16-6-7/h1-3,5-6H,4,13H2,(H,14,17)(H,15,16). The highest BCUT2D eigenvalue weighted by molar-refractivity contribution is 6.34. The van der Waals surface area contributed by atoms with E-state index >= 15 is 0 Å². The van der Waals surface area contributed by atoms with Crippen molar-refractivity contribution in [1.29, 1.82) is 0 Å². The molecule has 0 spiro atoms. The van der Waals surface area contributed by atoms with E-state index in [0.717, 1.165) is 5.56 Å². The minimum absolute atomic E-state index is 0.261. The van der Waals surface area contributed by atoms with Gasteiger partial charge in [0.2, 0.25) is 0 Å². The lowest BCUT2D eigenvalue weighted by Crippen LogP contribution is -2.23. The molecule has 0 unspecified atom stereocenters. The molecular formula is C11H11ClN4O. The zero-order chi connectivity index (χ0) is 12.3. The van der Waals surface area contributed by atoms with E-state index in [2.05, 4.69) is 15.5 Å². The molecule has 0 aliphatic carbocycles. The highest BCUT2D eigenvalue weighted by Gasteiger charge is 2.10. The summed E-state index contributed by atoms with van der Waals surface area (Å²) in [5, 5.41) is 9.56. The number of nitrogens with zero attached hydrogens (tertiary/aromatic N) is 1. The summed E-state index contributed by atoms with van der Waals surface area (Å²) >= 11 is 5.92. The number of rotatable bonds is 3.